The molecule has 0 saturated carbocycles. The number of rotatable bonds is 3. The molecule has 1 amide bonds. The smallest absolute Gasteiger partial charge is 0.256 e. The van der Waals surface area contributed by atoms with Crippen molar-refractivity contribution in [1.82, 2.24) is 9.88 Å². The van der Waals surface area contributed by atoms with E-state index >= 15 is 0 Å². The minimum absolute atomic E-state index is 0.0860. The summed E-state index contributed by atoms with van der Waals surface area (Å²) in [6, 6.07) is 10.0. The van der Waals surface area contributed by atoms with Gasteiger partial charge in [0.2, 0.25) is 0 Å². The van der Waals surface area contributed by atoms with E-state index in [0.29, 0.717) is 24.0 Å². The van der Waals surface area contributed by atoms with Gasteiger partial charge in [-0.25, -0.2) is 4.39 Å². The lowest BCUT2D eigenvalue weighted by atomic mass is 10.0. The molecule has 1 aromatic heterocycles. The Kier molecular flexibility index (Phi) is 4.39. The highest BCUT2D eigenvalue weighted by molar-refractivity contribution is 6.30. The maximum Gasteiger partial charge on any atom is 0.256 e. The van der Waals surface area contributed by atoms with Crippen molar-refractivity contribution in [3.05, 3.63) is 64.7 Å². The Hall–Kier alpha value is -1.94. The fraction of sp³-hybridized carbons (Fsp3) is 0.294. The van der Waals surface area contributed by atoms with Crippen LogP contribution in [0, 0.1) is 11.7 Å². The number of aromatic nitrogens is 1. The van der Waals surface area contributed by atoms with E-state index in [1.807, 2.05) is 18.2 Å². The lowest BCUT2D eigenvalue weighted by Gasteiger charge is -2.17. The topological polar surface area (TPSA) is 33.2 Å². The number of likely N-dealkylation sites (tertiary alicyclic amines) is 1. The van der Waals surface area contributed by atoms with Crippen molar-refractivity contribution >= 4 is 17.5 Å². The van der Waals surface area contributed by atoms with Crippen LogP contribution in [0.4, 0.5) is 4.39 Å². The summed E-state index contributed by atoms with van der Waals surface area (Å²) in [6.07, 6.45) is 3.53. The molecule has 0 bridgehead atoms. The summed E-state index contributed by atoms with van der Waals surface area (Å²) in [7, 11) is 0. The van der Waals surface area contributed by atoms with Gasteiger partial charge in [-0.15, -0.1) is 0 Å². The molecular formula is C17H16ClFN2O. The molecule has 2 heterocycles. The SMILES string of the molecule is O=C(c1ccc(Cl)cc1F)N1CCC(Cc2ccccn2)C1. The predicted octanol–water partition coefficient (Wildman–Crippen LogP) is 3.58. The summed E-state index contributed by atoms with van der Waals surface area (Å²) in [5.41, 5.74) is 1.11. The quantitative estimate of drug-likeness (QED) is 0.866. The number of carbonyl (C=O) groups is 1. The van der Waals surface area contributed by atoms with Crippen LogP contribution < -0.4 is 0 Å². The van der Waals surface area contributed by atoms with Crippen LogP contribution in [0.25, 0.3) is 0 Å². The Balaban J connectivity index is 1.66. The van der Waals surface area contributed by atoms with Crippen LogP contribution in [0.5, 0.6) is 0 Å². The maximum atomic E-state index is 13.9. The minimum Gasteiger partial charge on any atom is -0.338 e. The molecule has 1 fully saturated rings. The van der Waals surface area contributed by atoms with Crippen molar-refractivity contribution in [2.75, 3.05) is 13.1 Å². The molecule has 3 rings (SSSR count). The van der Waals surface area contributed by atoms with Crippen LogP contribution >= 0.6 is 11.6 Å². The third kappa shape index (κ3) is 3.28. The second-order valence-electron chi connectivity index (χ2n) is 5.56. The number of benzene rings is 1. The third-order valence-corrected chi connectivity index (χ3v) is 4.19. The van der Waals surface area contributed by atoms with E-state index in [2.05, 4.69) is 4.98 Å². The zero-order valence-corrected chi connectivity index (χ0v) is 12.8. The Labute approximate surface area is 133 Å². The molecule has 1 saturated heterocycles. The first-order valence-corrected chi connectivity index (χ1v) is 7.65. The van der Waals surface area contributed by atoms with Crippen molar-refractivity contribution in [3.8, 4) is 0 Å². The summed E-state index contributed by atoms with van der Waals surface area (Å²) >= 11 is 5.72. The van der Waals surface area contributed by atoms with Gasteiger partial charge in [-0.1, -0.05) is 17.7 Å². The van der Waals surface area contributed by atoms with E-state index in [1.165, 1.54) is 12.1 Å². The molecule has 0 radical (unpaired) electrons. The Bertz CT molecular complexity index is 678. The molecule has 1 aliphatic heterocycles. The van der Waals surface area contributed by atoms with Crippen LogP contribution in [-0.2, 0) is 6.42 Å². The summed E-state index contributed by atoms with van der Waals surface area (Å²) < 4.78 is 13.9. The van der Waals surface area contributed by atoms with Gasteiger partial charge in [0.1, 0.15) is 5.82 Å². The number of carbonyl (C=O) groups excluding carboxylic acids is 1. The fourth-order valence-corrected chi connectivity index (χ4v) is 2.99. The molecule has 1 aromatic carbocycles. The van der Waals surface area contributed by atoms with Gasteiger partial charge in [-0.2, -0.15) is 0 Å². The van der Waals surface area contributed by atoms with E-state index in [1.54, 1.807) is 17.2 Å². The van der Waals surface area contributed by atoms with E-state index < -0.39 is 5.82 Å². The van der Waals surface area contributed by atoms with Crippen molar-refractivity contribution in [2.45, 2.75) is 12.8 Å². The predicted molar refractivity (Wildman–Crippen MR) is 83.4 cm³/mol. The number of pyridine rings is 1. The zero-order valence-electron chi connectivity index (χ0n) is 12.0. The molecule has 5 heteroatoms. The first-order chi connectivity index (χ1) is 10.6. The number of hydrogen-bond donors (Lipinski definition) is 0. The van der Waals surface area contributed by atoms with E-state index in [-0.39, 0.29) is 11.5 Å². The molecule has 22 heavy (non-hydrogen) atoms. The van der Waals surface area contributed by atoms with E-state index in [4.69, 9.17) is 11.6 Å². The summed E-state index contributed by atoms with van der Waals surface area (Å²) in [5.74, 6) is -0.461. The summed E-state index contributed by atoms with van der Waals surface area (Å²) in [4.78, 5) is 18.4. The Morgan fingerprint density at radius 3 is 2.95 bits per heavy atom. The van der Waals surface area contributed by atoms with Crippen molar-refractivity contribution in [1.29, 1.82) is 0 Å². The van der Waals surface area contributed by atoms with Gasteiger partial charge in [0.05, 0.1) is 5.56 Å². The van der Waals surface area contributed by atoms with Gasteiger partial charge in [0.25, 0.3) is 5.91 Å². The minimum atomic E-state index is -0.564. The van der Waals surface area contributed by atoms with E-state index in [9.17, 15) is 9.18 Å². The lowest BCUT2D eigenvalue weighted by molar-refractivity contribution is 0.0782. The van der Waals surface area contributed by atoms with Crippen LogP contribution in [0.1, 0.15) is 22.5 Å². The summed E-state index contributed by atoms with van der Waals surface area (Å²) in [6.45, 7) is 1.29. The normalized spacial score (nSPS) is 17.7. The highest BCUT2D eigenvalue weighted by Gasteiger charge is 2.28. The monoisotopic (exact) mass is 318 g/mol. The molecule has 1 aliphatic rings. The molecule has 1 unspecified atom stereocenters. The second-order valence-corrected chi connectivity index (χ2v) is 5.99. The molecule has 1 atom stereocenters. The number of amides is 1. The molecule has 2 aromatic rings. The average molecular weight is 319 g/mol. The fourth-order valence-electron chi connectivity index (χ4n) is 2.83. The zero-order chi connectivity index (χ0) is 15.5. The largest absolute Gasteiger partial charge is 0.338 e. The van der Waals surface area contributed by atoms with Gasteiger partial charge < -0.3 is 4.90 Å². The summed E-state index contributed by atoms with van der Waals surface area (Å²) in [5, 5.41) is 0.295. The van der Waals surface area contributed by atoms with Gasteiger partial charge >= 0.3 is 0 Å². The lowest BCUT2D eigenvalue weighted by Crippen LogP contribution is -2.29. The van der Waals surface area contributed by atoms with Crippen molar-refractivity contribution in [2.24, 2.45) is 5.92 Å². The second kappa shape index (κ2) is 6.44. The standard InChI is InChI=1S/C17H16ClFN2O/c18-13-4-5-15(16(19)10-13)17(22)21-8-6-12(11-21)9-14-3-1-2-7-20-14/h1-5,7,10,12H,6,8-9,11H2. The Morgan fingerprint density at radius 2 is 2.23 bits per heavy atom. The van der Waals surface area contributed by atoms with Crippen LogP contribution in [-0.4, -0.2) is 28.9 Å². The first kappa shape index (κ1) is 15.0. The van der Waals surface area contributed by atoms with Gasteiger partial charge in [-0.05, 0) is 49.1 Å². The van der Waals surface area contributed by atoms with Crippen LogP contribution in [0.2, 0.25) is 5.02 Å². The highest BCUT2D eigenvalue weighted by atomic mass is 35.5. The van der Waals surface area contributed by atoms with Gasteiger partial charge in [0.15, 0.2) is 0 Å². The third-order valence-electron chi connectivity index (χ3n) is 3.96. The number of halogens is 2. The molecule has 0 N–H and O–H groups in total. The molecule has 0 spiro atoms. The Morgan fingerprint density at radius 1 is 1.36 bits per heavy atom. The number of hydrogen-bond acceptors (Lipinski definition) is 2. The van der Waals surface area contributed by atoms with Gasteiger partial charge in [0, 0.05) is 30.0 Å². The van der Waals surface area contributed by atoms with E-state index in [0.717, 1.165) is 18.5 Å². The van der Waals surface area contributed by atoms with Gasteiger partial charge in [-0.3, -0.25) is 9.78 Å². The van der Waals surface area contributed by atoms with Crippen LogP contribution in [0.15, 0.2) is 42.6 Å². The maximum absolute atomic E-state index is 13.9. The van der Waals surface area contributed by atoms with Crippen molar-refractivity contribution in [3.63, 3.8) is 0 Å². The van der Waals surface area contributed by atoms with Crippen LogP contribution in [0.3, 0.4) is 0 Å². The molecule has 114 valence electrons. The first-order valence-electron chi connectivity index (χ1n) is 7.27. The molecular weight excluding hydrogens is 303 g/mol. The molecule has 0 aliphatic carbocycles. The highest BCUT2D eigenvalue weighted by Crippen LogP contribution is 2.23. The van der Waals surface area contributed by atoms with Crippen molar-refractivity contribution < 1.29 is 9.18 Å². The molecule has 3 nitrogen and oxygen atoms in total. The average Bonchev–Trinajstić information content (AvgIpc) is 2.96. The number of nitrogens with zero attached hydrogens (tertiary/aromatic N) is 2.